The van der Waals surface area contributed by atoms with Crippen LogP contribution >= 0.6 is 0 Å². The summed E-state index contributed by atoms with van der Waals surface area (Å²) in [4.78, 5) is 26.3. The Balaban J connectivity index is 1.49. The zero-order valence-electron chi connectivity index (χ0n) is 17.7. The quantitative estimate of drug-likeness (QED) is 0.514. The van der Waals surface area contributed by atoms with Crippen molar-refractivity contribution in [3.63, 3.8) is 0 Å². The van der Waals surface area contributed by atoms with Crippen LogP contribution in [0.3, 0.4) is 0 Å². The van der Waals surface area contributed by atoms with E-state index in [4.69, 9.17) is 0 Å². The number of benzene rings is 3. The van der Waals surface area contributed by atoms with Gasteiger partial charge >= 0.3 is 0 Å². The van der Waals surface area contributed by atoms with Crippen LogP contribution in [0, 0.1) is 0 Å². The van der Waals surface area contributed by atoms with Crippen LogP contribution in [0.4, 0.5) is 0 Å². The maximum absolute atomic E-state index is 12.8. The van der Waals surface area contributed by atoms with Crippen LogP contribution in [0.5, 0.6) is 0 Å². The third-order valence-electron chi connectivity index (χ3n) is 5.28. The van der Waals surface area contributed by atoms with Gasteiger partial charge in [-0.25, -0.2) is 0 Å². The van der Waals surface area contributed by atoms with Crippen molar-refractivity contribution in [1.82, 2.24) is 14.8 Å². The molecule has 156 valence electrons. The highest BCUT2D eigenvalue weighted by Gasteiger charge is 2.13. The Labute approximate surface area is 181 Å². The number of hydrogen-bond donors (Lipinski definition) is 1. The number of nitrogens with one attached hydrogen (secondary N) is 1. The first-order valence-electron chi connectivity index (χ1n) is 10.2. The lowest BCUT2D eigenvalue weighted by atomic mass is 10.1. The van der Waals surface area contributed by atoms with E-state index in [9.17, 15) is 9.59 Å². The summed E-state index contributed by atoms with van der Waals surface area (Å²) in [5, 5.41) is 4.10. The van der Waals surface area contributed by atoms with Gasteiger partial charge in [0.25, 0.3) is 5.91 Å². The van der Waals surface area contributed by atoms with E-state index in [1.807, 2.05) is 48.5 Å². The molecule has 2 amide bonds. The highest BCUT2D eigenvalue weighted by molar-refractivity contribution is 5.94. The molecule has 0 bridgehead atoms. The lowest BCUT2D eigenvalue weighted by Gasteiger charge is -2.12. The van der Waals surface area contributed by atoms with Crippen LogP contribution < -0.4 is 5.32 Å². The largest absolute Gasteiger partial charge is 0.350 e. The summed E-state index contributed by atoms with van der Waals surface area (Å²) >= 11 is 0. The van der Waals surface area contributed by atoms with Crippen molar-refractivity contribution < 1.29 is 9.59 Å². The van der Waals surface area contributed by atoms with Gasteiger partial charge in [0.1, 0.15) is 6.54 Å². The molecule has 0 aliphatic heterocycles. The van der Waals surface area contributed by atoms with Gasteiger partial charge in [0.15, 0.2) is 0 Å². The second-order valence-electron chi connectivity index (χ2n) is 7.71. The molecule has 4 aromatic rings. The Kier molecular flexibility index (Phi) is 5.85. The lowest BCUT2D eigenvalue weighted by molar-refractivity contribution is -0.121. The van der Waals surface area contributed by atoms with E-state index in [1.165, 1.54) is 0 Å². The first kappa shape index (κ1) is 20.4. The maximum atomic E-state index is 12.8. The molecule has 3 aromatic carbocycles. The van der Waals surface area contributed by atoms with Gasteiger partial charge in [-0.15, -0.1) is 0 Å². The highest BCUT2D eigenvalue weighted by Crippen LogP contribution is 2.28. The molecule has 1 N–H and O–H groups in total. The average Bonchev–Trinajstić information content (AvgIpc) is 3.16. The lowest BCUT2D eigenvalue weighted by Crippen LogP contribution is -2.27. The zero-order chi connectivity index (χ0) is 21.8. The Bertz CT molecular complexity index is 1210. The normalized spacial score (nSPS) is 10.8. The van der Waals surface area contributed by atoms with Gasteiger partial charge in [0, 0.05) is 42.8 Å². The van der Waals surface area contributed by atoms with Gasteiger partial charge in [0.05, 0.1) is 0 Å². The van der Waals surface area contributed by atoms with E-state index >= 15 is 0 Å². The van der Waals surface area contributed by atoms with Crippen molar-refractivity contribution in [2.45, 2.75) is 13.1 Å². The van der Waals surface area contributed by atoms with Gasteiger partial charge in [-0.2, -0.15) is 0 Å². The Morgan fingerprint density at radius 2 is 1.55 bits per heavy atom. The van der Waals surface area contributed by atoms with E-state index in [2.05, 4.69) is 34.1 Å². The molecule has 1 aromatic heterocycles. The molecule has 0 saturated heterocycles. The molecule has 5 nitrogen and oxygen atoms in total. The molecular weight excluding hydrogens is 386 g/mol. The predicted octanol–water partition coefficient (Wildman–Crippen LogP) is 4.33. The summed E-state index contributed by atoms with van der Waals surface area (Å²) in [5.41, 5.74) is 4.70. The van der Waals surface area contributed by atoms with Crippen molar-refractivity contribution >= 4 is 22.7 Å². The number of fused-ring (bicyclic) bond motifs is 1. The van der Waals surface area contributed by atoms with Crippen LogP contribution in [-0.4, -0.2) is 35.4 Å². The molecule has 0 aliphatic carbocycles. The first-order valence-corrected chi connectivity index (χ1v) is 10.2. The minimum atomic E-state index is -0.0630. The molecule has 5 heteroatoms. The molecule has 0 fully saturated rings. The Morgan fingerprint density at radius 3 is 2.26 bits per heavy atom. The fourth-order valence-electron chi connectivity index (χ4n) is 3.65. The van der Waals surface area contributed by atoms with Crippen LogP contribution in [-0.2, 0) is 17.9 Å². The van der Waals surface area contributed by atoms with E-state index in [1.54, 1.807) is 31.1 Å². The third kappa shape index (κ3) is 4.51. The maximum Gasteiger partial charge on any atom is 0.253 e. The van der Waals surface area contributed by atoms with Crippen molar-refractivity contribution in [2.75, 3.05) is 14.1 Å². The van der Waals surface area contributed by atoms with Crippen LogP contribution in [0.2, 0.25) is 0 Å². The van der Waals surface area contributed by atoms with Crippen molar-refractivity contribution in [2.24, 2.45) is 0 Å². The number of amides is 2. The Hall–Kier alpha value is -3.86. The highest BCUT2D eigenvalue weighted by atomic mass is 16.2. The van der Waals surface area contributed by atoms with E-state index in [0.717, 1.165) is 27.7 Å². The minimum absolute atomic E-state index is 0.0384. The number of para-hydroxylation sites is 1. The second kappa shape index (κ2) is 8.88. The van der Waals surface area contributed by atoms with Crippen LogP contribution in [0.15, 0.2) is 84.9 Å². The SMILES string of the molecule is CN(C)C(=O)c1ccc(CNC(=O)Cn2c(-c3ccccc3)cc3ccccc32)cc1. The third-order valence-corrected chi connectivity index (χ3v) is 5.28. The molecule has 0 atom stereocenters. The van der Waals surface area contributed by atoms with Gasteiger partial charge < -0.3 is 14.8 Å². The zero-order valence-corrected chi connectivity index (χ0v) is 17.7. The second-order valence-corrected chi connectivity index (χ2v) is 7.71. The number of hydrogen-bond acceptors (Lipinski definition) is 2. The molecule has 31 heavy (non-hydrogen) atoms. The summed E-state index contributed by atoms with van der Waals surface area (Å²) in [7, 11) is 3.45. The fourth-order valence-corrected chi connectivity index (χ4v) is 3.65. The van der Waals surface area contributed by atoms with Gasteiger partial charge in [-0.3, -0.25) is 9.59 Å². The van der Waals surface area contributed by atoms with Crippen molar-refractivity contribution in [3.8, 4) is 11.3 Å². The first-order chi connectivity index (χ1) is 15.0. The molecule has 4 rings (SSSR count). The topological polar surface area (TPSA) is 54.3 Å². The van der Waals surface area contributed by atoms with E-state index in [-0.39, 0.29) is 18.4 Å². The molecule has 0 spiro atoms. The summed E-state index contributed by atoms with van der Waals surface area (Å²) in [6, 6.07) is 27.6. The average molecular weight is 412 g/mol. The number of nitrogens with zero attached hydrogens (tertiary/aromatic N) is 2. The van der Waals surface area contributed by atoms with Crippen LogP contribution in [0.25, 0.3) is 22.2 Å². The number of rotatable bonds is 6. The van der Waals surface area contributed by atoms with Gasteiger partial charge in [-0.1, -0.05) is 60.7 Å². The molecule has 0 saturated carbocycles. The van der Waals surface area contributed by atoms with Gasteiger partial charge in [-0.05, 0) is 35.4 Å². The summed E-state index contributed by atoms with van der Waals surface area (Å²) in [6.07, 6.45) is 0. The summed E-state index contributed by atoms with van der Waals surface area (Å²) < 4.78 is 2.05. The summed E-state index contributed by atoms with van der Waals surface area (Å²) in [5.74, 6) is -0.101. The van der Waals surface area contributed by atoms with E-state index < -0.39 is 0 Å². The molecule has 0 radical (unpaired) electrons. The minimum Gasteiger partial charge on any atom is -0.350 e. The molecule has 0 aliphatic rings. The van der Waals surface area contributed by atoms with Gasteiger partial charge in [0.2, 0.25) is 5.91 Å². The Morgan fingerprint density at radius 1 is 0.871 bits per heavy atom. The standard InChI is InChI=1S/C26H25N3O2/c1-28(2)26(31)21-14-12-19(13-15-21)17-27-25(30)18-29-23-11-7-6-10-22(23)16-24(29)20-8-4-3-5-9-20/h3-16H,17-18H2,1-2H3,(H,27,30). The number of carbonyl (C=O) groups excluding carboxylic acids is 2. The molecular formula is C26H25N3O2. The van der Waals surface area contributed by atoms with E-state index in [0.29, 0.717) is 12.1 Å². The smallest absolute Gasteiger partial charge is 0.253 e. The summed E-state index contributed by atoms with van der Waals surface area (Å²) in [6.45, 7) is 0.643. The van der Waals surface area contributed by atoms with Crippen LogP contribution in [0.1, 0.15) is 15.9 Å². The fraction of sp³-hybridized carbons (Fsp3) is 0.154. The predicted molar refractivity (Wildman–Crippen MR) is 124 cm³/mol. The van der Waals surface area contributed by atoms with Crippen molar-refractivity contribution in [3.05, 3.63) is 96.1 Å². The van der Waals surface area contributed by atoms with Crippen molar-refractivity contribution in [1.29, 1.82) is 0 Å². The number of aromatic nitrogens is 1. The monoisotopic (exact) mass is 411 g/mol. The number of carbonyl (C=O) groups is 2. The molecule has 1 heterocycles. The molecule has 0 unspecified atom stereocenters.